The second-order valence-electron chi connectivity index (χ2n) is 2.88. The van der Waals surface area contributed by atoms with Crippen LogP contribution in [0.1, 0.15) is 32.1 Å². The summed E-state index contributed by atoms with van der Waals surface area (Å²) in [5, 5.41) is 0.951. The first-order valence-electron chi connectivity index (χ1n) is 4.16. The van der Waals surface area contributed by atoms with Gasteiger partial charge in [0.05, 0.1) is 0 Å². The topological polar surface area (TPSA) is 0 Å². The first-order chi connectivity index (χ1) is 4.93. The van der Waals surface area contributed by atoms with Gasteiger partial charge in [-0.25, -0.2) is 0 Å². The average molecular weight is 156 g/mol. The van der Waals surface area contributed by atoms with Crippen molar-refractivity contribution in [2.45, 2.75) is 37.4 Å². The van der Waals surface area contributed by atoms with Gasteiger partial charge in [0.25, 0.3) is 0 Å². The highest BCUT2D eigenvalue weighted by Crippen LogP contribution is 2.27. The summed E-state index contributed by atoms with van der Waals surface area (Å²) in [7, 11) is 0. The van der Waals surface area contributed by atoms with Gasteiger partial charge in [0.2, 0.25) is 0 Å². The first-order valence-corrected chi connectivity index (χ1v) is 5.21. The van der Waals surface area contributed by atoms with Crippen molar-refractivity contribution in [3.8, 4) is 0 Å². The molecule has 0 amide bonds. The number of hydrogen-bond acceptors (Lipinski definition) is 1. The first kappa shape index (κ1) is 8.19. The number of hydrogen-bond donors (Lipinski definition) is 0. The van der Waals surface area contributed by atoms with E-state index < -0.39 is 0 Å². The Balaban J connectivity index is 2.07. The monoisotopic (exact) mass is 156 g/mol. The number of rotatable bonds is 3. The SMILES string of the molecule is C=CCSC1CCCCC1. The van der Waals surface area contributed by atoms with Crippen molar-refractivity contribution in [2.75, 3.05) is 5.75 Å². The average Bonchev–Trinajstić information content (AvgIpc) is 2.03. The summed E-state index contributed by atoms with van der Waals surface area (Å²) < 4.78 is 0. The van der Waals surface area contributed by atoms with E-state index in [4.69, 9.17) is 0 Å². The summed E-state index contributed by atoms with van der Waals surface area (Å²) in [5.41, 5.74) is 0. The van der Waals surface area contributed by atoms with Gasteiger partial charge in [-0.3, -0.25) is 0 Å². The van der Waals surface area contributed by atoms with Gasteiger partial charge in [0.1, 0.15) is 0 Å². The molecule has 0 aromatic rings. The van der Waals surface area contributed by atoms with Gasteiger partial charge in [-0.1, -0.05) is 25.3 Å². The van der Waals surface area contributed by atoms with Crippen LogP contribution in [-0.4, -0.2) is 11.0 Å². The molecule has 10 heavy (non-hydrogen) atoms. The Kier molecular flexibility index (Phi) is 3.96. The lowest BCUT2D eigenvalue weighted by Crippen LogP contribution is -2.07. The molecular weight excluding hydrogens is 140 g/mol. The van der Waals surface area contributed by atoms with E-state index in [1.165, 1.54) is 32.1 Å². The molecule has 1 aliphatic carbocycles. The maximum atomic E-state index is 3.72. The Bertz CT molecular complexity index is 92.9. The lowest BCUT2D eigenvalue weighted by Gasteiger charge is -2.19. The van der Waals surface area contributed by atoms with Crippen molar-refractivity contribution >= 4 is 11.8 Å². The van der Waals surface area contributed by atoms with Crippen LogP contribution in [0.3, 0.4) is 0 Å². The maximum Gasteiger partial charge on any atom is 0.0113 e. The molecule has 1 heteroatoms. The Morgan fingerprint density at radius 1 is 1.30 bits per heavy atom. The highest BCUT2D eigenvalue weighted by atomic mass is 32.2. The van der Waals surface area contributed by atoms with Crippen molar-refractivity contribution in [3.63, 3.8) is 0 Å². The van der Waals surface area contributed by atoms with Crippen LogP contribution in [0.2, 0.25) is 0 Å². The zero-order chi connectivity index (χ0) is 7.23. The van der Waals surface area contributed by atoms with E-state index >= 15 is 0 Å². The van der Waals surface area contributed by atoms with Crippen LogP contribution in [0.4, 0.5) is 0 Å². The fourth-order valence-electron chi connectivity index (χ4n) is 1.44. The predicted molar refractivity (Wildman–Crippen MR) is 49.5 cm³/mol. The van der Waals surface area contributed by atoms with Crippen LogP contribution in [0.5, 0.6) is 0 Å². The second-order valence-corrected chi connectivity index (χ2v) is 4.22. The minimum absolute atomic E-state index is 0.951. The zero-order valence-corrected chi connectivity index (χ0v) is 7.33. The van der Waals surface area contributed by atoms with Gasteiger partial charge in [0.15, 0.2) is 0 Å². The molecule has 0 atom stereocenters. The predicted octanol–water partition coefficient (Wildman–Crippen LogP) is 3.24. The molecule has 0 saturated heterocycles. The molecule has 0 aliphatic heterocycles. The molecule has 0 unspecified atom stereocenters. The van der Waals surface area contributed by atoms with E-state index in [1.54, 1.807) is 0 Å². The van der Waals surface area contributed by atoms with Crippen molar-refractivity contribution in [1.29, 1.82) is 0 Å². The third-order valence-electron chi connectivity index (χ3n) is 2.00. The summed E-state index contributed by atoms with van der Waals surface area (Å²) >= 11 is 2.08. The van der Waals surface area contributed by atoms with E-state index in [0.717, 1.165) is 11.0 Å². The Morgan fingerprint density at radius 3 is 2.60 bits per heavy atom. The molecule has 0 radical (unpaired) electrons. The summed E-state index contributed by atoms with van der Waals surface area (Å²) in [5.74, 6) is 1.14. The molecule has 1 aliphatic rings. The zero-order valence-electron chi connectivity index (χ0n) is 6.51. The smallest absolute Gasteiger partial charge is 0.0113 e. The van der Waals surface area contributed by atoms with Gasteiger partial charge in [0, 0.05) is 11.0 Å². The third-order valence-corrected chi connectivity index (χ3v) is 3.37. The largest absolute Gasteiger partial charge is 0.154 e. The minimum Gasteiger partial charge on any atom is -0.154 e. The molecule has 58 valence electrons. The molecule has 1 rings (SSSR count). The van der Waals surface area contributed by atoms with Crippen LogP contribution in [0.15, 0.2) is 12.7 Å². The van der Waals surface area contributed by atoms with Gasteiger partial charge >= 0.3 is 0 Å². The van der Waals surface area contributed by atoms with Crippen molar-refractivity contribution in [2.24, 2.45) is 0 Å². The van der Waals surface area contributed by atoms with E-state index in [-0.39, 0.29) is 0 Å². The molecule has 0 nitrogen and oxygen atoms in total. The Labute approximate surface area is 68.1 Å². The lowest BCUT2D eigenvalue weighted by atomic mass is 10.0. The fourth-order valence-corrected chi connectivity index (χ4v) is 2.51. The maximum absolute atomic E-state index is 3.72. The summed E-state index contributed by atoms with van der Waals surface area (Å²) in [4.78, 5) is 0. The Morgan fingerprint density at radius 2 is 2.00 bits per heavy atom. The van der Waals surface area contributed by atoms with Crippen LogP contribution in [0.25, 0.3) is 0 Å². The highest BCUT2D eigenvalue weighted by molar-refractivity contribution is 8.00. The summed E-state index contributed by atoms with van der Waals surface area (Å²) in [6.45, 7) is 3.72. The summed E-state index contributed by atoms with van der Waals surface area (Å²) in [6, 6.07) is 0. The summed E-state index contributed by atoms with van der Waals surface area (Å²) in [6.07, 6.45) is 9.27. The van der Waals surface area contributed by atoms with Crippen molar-refractivity contribution < 1.29 is 0 Å². The van der Waals surface area contributed by atoms with Gasteiger partial charge in [-0.05, 0) is 12.8 Å². The van der Waals surface area contributed by atoms with E-state index in [2.05, 4.69) is 18.3 Å². The van der Waals surface area contributed by atoms with Crippen LogP contribution < -0.4 is 0 Å². The van der Waals surface area contributed by atoms with Crippen molar-refractivity contribution in [1.82, 2.24) is 0 Å². The van der Waals surface area contributed by atoms with Crippen LogP contribution in [-0.2, 0) is 0 Å². The van der Waals surface area contributed by atoms with Gasteiger partial charge in [-0.15, -0.1) is 6.58 Å². The molecule has 0 aromatic heterocycles. The van der Waals surface area contributed by atoms with Gasteiger partial charge < -0.3 is 0 Å². The molecule has 1 fully saturated rings. The standard InChI is InChI=1S/C9H16S/c1-2-8-10-9-6-4-3-5-7-9/h2,9H,1,3-8H2. The molecule has 0 heterocycles. The second kappa shape index (κ2) is 4.84. The molecule has 1 saturated carbocycles. The molecule has 0 spiro atoms. The highest BCUT2D eigenvalue weighted by Gasteiger charge is 2.11. The normalized spacial score (nSPS) is 20.8. The van der Waals surface area contributed by atoms with E-state index in [1.807, 2.05) is 6.08 Å². The van der Waals surface area contributed by atoms with E-state index in [9.17, 15) is 0 Å². The number of thioether (sulfide) groups is 1. The third kappa shape index (κ3) is 2.78. The van der Waals surface area contributed by atoms with E-state index in [0.29, 0.717) is 0 Å². The van der Waals surface area contributed by atoms with Crippen LogP contribution >= 0.6 is 11.8 Å². The van der Waals surface area contributed by atoms with Crippen molar-refractivity contribution in [3.05, 3.63) is 12.7 Å². The molecule has 0 bridgehead atoms. The van der Waals surface area contributed by atoms with Crippen LogP contribution in [0, 0.1) is 0 Å². The molecular formula is C9H16S. The van der Waals surface area contributed by atoms with Gasteiger partial charge in [-0.2, -0.15) is 11.8 Å². The lowest BCUT2D eigenvalue weighted by molar-refractivity contribution is 0.516. The molecule has 0 N–H and O–H groups in total. The quantitative estimate of drug-likeness (QED) is 0.565. The molecule has 0 aromatic carbocycles. The fraction of sp³-hybridized carbons (Fsp3) is 0.778. The minimum atomic E-state index is 0.951. The Hall–Kier alpha value is 0.0900.